The van der Waals surface area contributed by atoms with Crippen molar-refractivity contribution in [2.45, 2.75) is 13.3 Å². The van der Waals surface area contributed by atoms with Gasteiger partial charge in [0.1, 0.15) is 5.75 Å². The van der Waals surface area contributed by atoms with Crippen LogP contribution in [0.4, 0.5) is 0 Å². The van der Waals surface area contributed by atoms with Gasteiger partial charge in [-0.1, -0.05) is 42.0 Å². The van der Waals surface area contributed by atoms with Crippen LogP contribution in [0.2, 0.25) is 0 Å². The topological polar surface area (TPSA) is 40.5 Å². The van der Waals surface area contributed by atoms with Crippen LogP contribution >= 0.6 is 0 Å². The highest BCUT2D eigenvalue weighted by molar-refractivity contribution is 6.03. The maximum atomic E-state index is 12.5. The number of rotatable bonds is 1. The summed E-state index contributed by atoms with van der Waals surface area (Å²) in [5, 5.41) is 12.0. The van der Waals surface area contributed by atoms with Crippen molar-refractivity contribution >= 4 is 16.7 Å². The number of hydrogen-bond donors (Lipinski definition) is 1. The van der Waals surface area contributed by atoms with Crippen molar-refractivity contribution in [3.63, 3.8) is 0 Å². The van der Waals surface area contributed by atoms with Crippen molar-refractivity contribution in [1.82, 2.24) is 4.90 Å². The zero-order valence-corrected chi connectivity index (χ0v) is 11.5. The van der Waals surface area contributed by atoms with Crippen LogP contribution in [0.1, 0.15) is 23.7 Å². The van der Waals surface area contributed by atoms with Crippen LogP contribution in [0.25, 0.3) is 10.8 Å². The van der Waals surface area contributed by atoms with Gasteiger partial charge in [-0.3, -0.25) is 4.79 Å². The third kappa shape index (κ3) is 2.16. The first-order valence-electron chi connectivity index (χ1n) is 6.82. The Morgan fingerprint density at radius 1 is 1.20 bits per heavy atom. The van der Waals surface area contributed by atoms with Crippen LogP contribution in [0.3, 0.4) is 0 Å². The van der Waals surface area contributed by atoms with E-state index in [4.69, 9.17) is 0 Å². The third-order valence-corrected chi connectivity index (χ3v) is 3.85. The minimum Gasteiger partial charge on any atom is -0.506 e. The summed E-state index contributed by atoms with van der Waals surface area (Å²) in [5.74, 6) is -0.0172. The minimum atomic E-state index is -0.1000. The van der Waals surface area contributed by atoms with Gasteiger partial charge in [0, 0.05) is 18.5 Å². The second kappa shape index (κ2) is 5.00. The predicted octanol–water partition coefficient (Wildman–Crippen LogP) is 3.34. The normalized spacial score (nSPS) is 15.2. The Bertz CT molecular complexity index is 703. The molecule has 0 atom stereocenters. The molecule has 3 rings (SSSR count). The fraction of sp³-hybridized carbons (Fsp3) is 0.235. The number of hydrogen-bond acceptors (Lipinski definition) is 2. The average molecular weight is 267 g/mol. The van der Waals surface area contributed by atoms with Gasteiger partial charge >= 0.3 is 0 Å². The molecule has 0 radical (unpaired) electrons. The molecule has 0 fully saturated rings. The predicted molar refractivity (Wildman–Crippen MR) is 79.9 cm³/mol. The van der Waals surface area contributed by atoms with Crippen LogP contribution in [0.15, 0.2) is 48.0 Å². The molecular formula is C17H17NO2. The van der Waals surface area contributed by atoms with E-state index >= 15 is 0 Å². The van der Waals surface area contributed by atoms with Crippen molar-refractivity contribution in [1.29, 1.82) is 0 Å². The summed E-state index contributed by atoms with van der Waals surface area (Å²) >= 11 is 0. The first-order valence-corrected chi connectivity index (χ1v) is 6.82. The molecule has 0 bridgehead atoms. The zero-order chi connectivity index (χ0) is 14.1. The molecule has 20 heavy (non-hydrogen) atoms. The average Bonchev–Trinajstić information content (AvgIpc) is 2.48. The first-order chi connectivity index (χ1) is 9.66. The summed E-state index contributed by atoms with van der Waals surface area (Å²) in [6, 6.07) is 11.1. The highest BCUT2D eigenvalue weighted by atomic mass is 16.3. The van der Waals surface area contributed by atoms with E-state index in [9.17, 15) is 9.90 Å². The second-order valence-corrected chi connectivity index (χ2v) is 5.23. The molecular weight excluding hydrogens is 250 g/mol. The summed E-state index contributed by atoms with van der Waals surface area (Å²) in [4.78, 5) is 14.3. The molecule has 0 spiro atoms. The molecule has 0 saturated heterocycles. The van der Waals surface area contributed by atoms with E-state index in [1.807, 2.05) is 30.3 Å². The molecule has 2 aromatic carbocycles. The van der Waals surface area contributed by atoms with Crippen molar-refractivity contribution < 1.29 is 9.90 Å². The van der Waals surface area contributed by atoms with E-state index in [0.29, 0.717) is 18.7 Å². The van der Waals surface area contributed by atoms with E-state index in [1.165, 1.54) is 5.57 Å². The first kappa shape index (κ1) is 12.7. The van der Waals surface area contributed by atoms with E-state index < -0.39 is 0 Å². The number of nitrogens with zero attached hydrogens (tertiary/aromatic N) is 1. The number of phenolic OH excluding ortho intramolecular Hbond substituents is 1. The van der Waals surface area contributed by atoms with Gasteiger partial charge in [-0.15, -0.1) is 0 Å². The van der Waals surface area contributed by atoms with Gasteiger partial charge in [0.25, 0.3) is 5.91 Å². The molecule has 0 aliphatic carbocycles. The van der Waals surface area contributed by atoms with Crippen molar-refractivity contribution in [3.8, 4) is 5.75 Å². The summed E-state index contributed by atoms with van der Waals surface area (Å²) in [6.45, 7) is 3.42. The Morgan fingerprint density at radius 3 is 2.75 bits per heavy atom. The summed E-state index contributed by atoms with van der Waals surface area (Å²) in [6.07, 6.45) is 2.97. The molecule has 0 aromatic heterocycles. The molecule has 0 unspecified atom stereocenters. The Morgan fingerprint density at radius 2 is 2.00 bits per heavy atom. The number of aromatic hydroxyl groups is 1. The molecule has 1 aliphatic heterocycles. The highest BCUT2D eigenvalue weighted by Crippen LogP contribution is 2.29. The van der Waals surface area contributed by atoms with Crippen LogP contribution in [-0.4, -0.2) is 29.0 Å². The quantitative estimate of drug-likeness (QED) is 0.805. The van der Waals surface area contributed by atoms with Crippen LogP contribution < -0.4 is 0 Å². The molecule has 1 aliphatic rings. The van der Waals surface area contributed by atoms with Gasteiger partial charge in [-0.2, -0.15) is 0 Å². The lowest BCUT2D eigenvalue weighted by Crippen LogP contribution is -2.34. The lowest BCUT2D eigenvalue weighted by atomic mass is 10.0. The van der Waals surface area contributed by atoms with Crippen molar-refractivity contribution in [2.24, 2.45) is 0 Å². The van der Waals surface area contributed by atoms with Crippen LogP contribution in [-0.2, 0) is 0 Å². The monoisotopic (exact) mass is 267 g/mol. The Kier molecular flexibility index (Phi) is 3.18. The SMILES string of the molecule is CC1=CCN(C(=O)c2ccc3ccccc3c2O)CC1. The van der Waals surface area contributed by atoms with Gasteiger partial charge in [0.15, 0.2) is 0 Å². The molecule has 1 N–H and O–H groups in total. The van der Waals surface area contributed by atoms with E-state index in [0.717, 1.165) is 17.2 Å². The summed E-state index contributed by atoms with van der Waals surface area (Å²) in [5.41, 5.74) is 1.70. The standard InChI is InChI=1S/C17H17NO2/c1-12-8-10-18(11-9-12)17(20)15-7-6-13-4-2-3-5-14(13)16(15)19/h2-8,19H,9-11H2,1H3. The molecule has 2 aromatic rings. The van der Waals surface area contributed by atoms with Crippen molar-refractivity contribution in [2.75, 3.05) is 13.1 Å². The second-order valence-electron chi connectivity index (χ2n) is 5.23. The maximum absolute atomic E-state index is 12.5. The van der Waals surface area contributed by atoms with Crippen molar-refractivity contribution in [3.05, 3.63) is 53.6 Å². The smallest absolute Gasteiger partial charge is 0.257 e. The van der Waals surface area contributed by atoms with E-state index in [1.54, 1.807) is 11.0 Å². The lowest BCUT2D eigenvalue weighted by Gasteiger charge is -2.26. The van der Waals surface area contributed by atoms with E-state index in [-0.39, 0.29) is 11.7 Å². The molecule has 0 saturated carbocycles. The number of carbonyl (C=O) groups excluding carboxylic acids is 1. The van der Waals surface area contributed by atoms with Crippen LogP contribution in [0, 0.1) is 0 Å². The number of amides is 1. The maximum Gasteiger partial charge on any atom is 0.257 e. The Hall–Kier alpha value is -2.29. The fourth-order valence-electron chi connectivity index (χ4n) is 2.55. The van der Waals surface area contributed by atoms with Gasteiger partial charge in [0.05, 0.1) is 5.56 Å². The molecule has 1 heterocycles. The zero-order valence-electron chi connectivity index (χ0n) is 11.5. The number of benzene rings is 2. The summed E-state index contributed by atoms with van der Waals surface area (Å²) in [7, 11) is 0. The Labute approximate surface area is 118 Å². The van der Waals surface area contributed by atoms with Gasteiger partial charge in [0.2, 0.25) is 0 Å². The summed E-state index contributed by atoms with van der Waals surface area (Å²) < 4.78 is 0. The molecule has 1 amide bonds. The van der Waals surface area contributed by atoms with E-state index in [2.05, 4.69) is 13.0 Å². The largest absolute Gasteiger partial charge is 0.506 e. The fourth-order valence-corrected chi connectivity index (χ4v) is 2.55. The van der Waals surface area contributed by atoms with Crippen LogP contribution in [0.5, 0.6) is 5.75 Å². The van der Waals surface area contributed by atoms with Gasteiger partial charge in [-0.05, 0) is 24.8 Å². The van der Waals surface area contributed by atoms with Gasteiger partial charge < -0.3 is 10.0 Å². The Balaban J connectivity index is 1.98. The number of fused-ring (bicyclic) bond motifs is 1. The number of phenols is 1. The van der Waals surface area contributed by atoms with Gasteiger partial charge in [-0.25, -0.2) is 0 Å². The molecule has 102 valence electrons. The molecule has 3 heteroatoms. The third-order valence-electron chi connectivity index (χ3n) is 3.85. The minimum absolute atomic E-state index is 0.0828. The lowest BCUT2D eigenvalue weighted by molar-refractivity contribution is 0.0766. The number of carbonyl (C=O) groups is 1. The highest BCUT2D eigenvalue weighted by Gasteiger charge is 2.21. The molecule has 3 nitrogen and oxygen atoms in total.